The molecule has 1 rings (SSSR count). The molecule has 0 aromatic carbocycles. The molecule has 4 heteroatoms. The molecule has 0 aliphatic carbocycles. The van der Waals surface area contributed by atoms with Gasteiger partial charge in [-0.25, -0.2) is 9.97 Å². The van der Waals surface area contributed by atoms with E-state index in [2.05, 4.69) is 54.8 Å². The average molecular weight is 236 g/mol. The van der Waals surface area contributed by atoms with Gasteiger partial charge >= 0.3 is 0 Å². The molecular formula is C13H24N4. The average Bonchev–Trinajstić information content (AvgIpc) is 2.26. The number of hydrogen-bond donors (Lipinski definition) is 1. The highest BCUT2D eigenvalue weighted by Gasteiger charge is 2.17. The van der Waals surface area contributed by atoms with E-state index in [0.29, 0.717) is 12.0 Å². The molecule has 1 N–H and O–H groups in total. The van der Waals surface area contributed by atoms with Crippen LogP contribution < -0.4 is 10.2 Å². The molecule has 0 spiro atoms. The summed E-state index contributed by atoms with van der Waals surface area (Å²) < 4.78 is 0. The maximum absolute atomic E-state index is 4.44. The van der Waals surface area contributed by atoms with Crippen molar-refractivity contribution < 1.29 is 0 Å². The van der Waals surface area contributed by atoms with Crippen LogP contribution in [0, 0.1) is 12.8 Å². The van der Waals surface area contributed by atoms with Crippen LogP contribution in [0.25, 0.3) is 0 Å². The molecule has 0 aliphatic heterocycles. The highest BCUT2D eigenvalue weighted by Crippen LogP contribution is 2.24. The van der Waals surface area contributed by atoms with Crippen molar-refractivity contribution in [3.63, 3.8) is 0 Å². The Kier molecular flexibility index (Phi) is 4.73. The third-order valence-corrected chi connectivity index (χ3v) is 2.75. The van der Waals surface area contributed by atoms with Crippen molar-refractivity contribution >= 4 is 11.6 Å². The predicted molar refractivity (Wildman–Crippen MR) is 73.6 cm³/mol. The monoisotopic (exact) mass is 236 g/mol. The lowest BCUT2D eigenvalue weighted by molar-refractivity contribution is 0.564. The Balaban J connectivity index is 3.09. The van der Waals surface area contributed by atoms with E-state index in [0.717, 1.165) is 23.7 Å². The van der Waals surface area contributed by atoms with Crippen LogP contribution in [-0.2, 0) is 0 Å². The fourth-order valence-electron chi connectivity index (χ4n) is 1.92. The summed E-state index contributed by atoms with van der Waals surface area (Å²) in [4.78, 5) is 11.0. The number of nitrogens with one attached hydrogen (secondary N) is 1. The Labute approximate surface area is 104 Å². The lowest BCUT2D eigenvalue weighted by atomic mass is 10.1. The smallest absolute Gasteiger partial charge is 0.137 e. The highest BCUT2D eigenvalue weighted by molar-refractivity contribution is 5.58. The Morgan fingerprint density at radius 3 is 2.35 bits per heavy atom. The van der Waals surface area contributed by atoms with Gasteiger partial charge in [-0.3, -0.25) is 0 Å². The van der Waals surface area contributed by atoms with Crippen molar-refractivity contribution in [1.82, 2.24) is 9.97 Å². The minimum absolute atomic E-state index is 0.440. The van der Waals surface area contributed by atoms with Crippen molar-refractivity contribution in [2.75, 3.05) is 23.8 Å². The Morgan fingerprint density at radius 1 is 1.24 bits per heavy atom. The summed E-state index contributed by atoms with van der Waals surface area (Å²) >= 11 is 0. The molecule has 1 aromatic heterocycles. The lowest BCUT2D eigenvalue weighted by Crippen LogP contribution is -2.35. The zero-order valence-corrected chi connectivity index (χ0v) is 11.8. The van der Waals surface area contributed by atoms with Crippen LogP contribution in [0.4, 0.5) is 11.6 Å². The first-order valence-corrected chi connectivity index (χ1v) is 6.23. The second kappa shape index (κ2) is 5.84. The van der Waals surface area contributed by atoms with Gasteiger partial charge in [0.1, 0.15) is 18.0 Å². The van der Waals surface area contributed by atoms with E-state index in [4.69, 9.17) is 0 Å². The highest BCUT2D eigenvalue weighted by atomic mass is 15.2. The van der Waals surface area contributed by atoms with E-state index >= 15 is 0 Å². The van der Waals surface area contributed by atoms with E-state index in [-0.39, 0.29) is 0 Å². The SMILES string of the molecule is CNc1ncnc(N(CC(C)C)C(C)C)c1C. The summed E-state index contributed by atoms with van der Waals surface area (Å²) in [5.41, 5.74) is 1.12. The minimum Gasteiger partial charge on any atom is -0.373 e. The van der Waals surface area contributed by atoms with Crippen LogP contribution in [0.1, 0.15) is 33.3 Å². The molecule has 0 unspecified atom stereocenters. The third kappa shape index (κ3) is 3.32. The Morgan fingerprint density at radius 2 is 1.88 bits per heavy atom. The molecule has 0 amide bonds. The fraction of sp³-hybridized carbons (Fsp3) is 0.692. The predicted octanol–water partition coefficient (Wildman–Crippen LogP) is 2.70. The van der Waals surface area contributed by atoms with Crippen LogP contribution >= 0.6 is 0 Å². The van der Waals surface area contributed by atoms with E-state index < -0.39 is 0 Å². The van der Waals surface area contributed by atoms with Crippen molar-refractivity contribution in [3.05, 3.63) is 11.9 Å². The number of anilines is 2. The standard InChI is InChI=1S/C13H24N4/c1-9(2)7-17(10(3)4)13-11(5)12(14-6)15-8-16-13/h8-10H,7H2,1-6H3,(H,14,15,16). The Hall–Kier alpha value is -1.32. The summed E-state index contributed by atoms with van der Waals surface area (Å²) in [5, 5.41) is 3.10. The summed E-state index contributed by atoms with van der Waals surface area (Å²) in [6.45, 7) is 11.9. The van der Waals surface area contributed by atoms with E-state index in [9.17, 15) is 0 Å². The number of aromatic nitrogens is 2. The molecule has 1 aromatic rings. The second-order valence-corrected chi connectivity index (χ2v) is 5.06. The van der Waals surface area contributed by atoms with Crippen LogP contribution in [0.3, 0.4) is 0 Å². The van der Waals surface area contributed by atoms with Gasteiger partial charge in [-0.1, -0.05) is 13.8 Å². The maximum Gasteiger partial charge on any atom is 0.137 e. The number of hydrogen-bond acceptors (Lipinski definition) is 4. The normalized spacial score (nSPS) is 11.1. The van der Waals surface area contributed by atoms with E-state index in [1.54, 1.807) is 6.33 Å². The number of rotatable bonds is 5. The van der Waals surface area contributed by atoms with Crippen molar-refractivity contribution in [2.45, 2.75) is 40.7 Å². The minimum atomic E-state index is 0.440. The molecular weight excluding hydrogens is 212 g/mol. The first kappa shape index (κ1) is 13.7. The van der Waals surface area contributed by atoms with Gasteiger partial charge in [0, 0.05) is 25.2 Å². The quantitative estimate of drug-likeness (QED) is 0.853. The summed E-state index contributed by atoms with van der Waals surface area (Å²) in [6.07, 6.45) is 1.63. The van der Waals surface area contributed by atoms with Crippen LogP contribution in [0.5, 0.6) is 0 Å². The fourth-order valence-corrected chi connectivity index (χ4v) is 1.92. The van der Waals surface area contributed by atoms with Gasteiger partial charge in [0.15, 0.2) is 0 Å². The van der Waals surface area contributed by atoms with E-state index in [1.165, 1.54) is 0 Å². The van der Waals surface area contributed by atoms with Gasteiger partial charge in [-0.05, 0) is 26.7 Å². The molecule has 0 bridgehead atoms. The maximum atomic E-state index is 4.44. The molecule has 0 radical (unpaired) electrons. The topological polar surface area (TPSA) is 41.1 Å². The molecule has 17 heavy (non-hydrogen) atoms. The molecule has 0 saturated carbocycles. The van der Waals surface area contributed by atoms with Crippen molar-refractivity contribution in [3.8, 4) is 0 Å². The third-order valence-electron chi connectivity index (χ3n) is 2.75. The molecule has 96 valence electrons. The van der Waals surface area contributed by atoms with Gasteiger partial charge in [0.2, 0.25) is 0 Å². The van der Waals surface area contributed by atoms with Gasteiger partial charge in [0.05, 0.1) is 0 Å². The van der Waals surface area contributed by atoms with E-state index in [1.807, 2.05) is 7.05 Å². The number of nitrogens with zero attached hydrogens (tertiary/aromatic N) is 3. The zero-order valence-electron chi connectivity index (χ0n) is 11.8. The summed E-state index contributed by atoms with van der Waals surface area (Å²) in [6, 6.07) is 0.440. The van der Waals surface area contributed by atoms with Crippen molar-refractivity contribution in [1.29, 1.82) is 0 Å². The lowest BCUT2D eigenvalue weighted by Gasteiger charge is -2.31. The Bertz CT molecular complexity index is 360. The van der Waals surface area contributed by atoms with Gasteiger partial charge < -0.3 is 10.2 Å². The molecule has 0 fully saturated rings. The second-order valence-electron chi connectivity index (χ2n) is 5.06. The summed E-state index contributed by atoms with van der Waals surface area (Å²) in [7, 11) is 1.89. The van der Waals surface area contributed by atoms with Crippen LogP contribution in [-0.4, -0.2) is 29.6 Å². The molecule has 0 saturated heterocycles. The molecule has 4 nitrogen and oxygen atoms in total. The first-order valence-electron chi connectivity index (χ1n) is 6.23. The van der Waals surface area contributed by atoms with Crippen LogP contribution in [0.15, 0.2) is 6.33 Å². The van der Waals surface area contributed by atoms with Crippen LogP contribution in [0.2, 0.25) is 0 Å². The molecule has 0 aliphatic rings. The van der Waals surface area contributed by atoms with Gasteiger partial charge in [-0.15, -0.1) is 0 Å². The van der Waals surface area contributed by atoms with Gasteiger partial charge in [-0.2, -0.15) is 0 Å². The zero-order chi connectivity index (χ0) is 13.0. The first-order chi connectivity index (χ1) is 7.97. The van der Waals surface area contributed by atoms with Gasteiger partial charge in [0.25, 0.3) is 0 Å². The summed E-state index contributed by atoms with van der Waals surface area (Å²) in [5.74, 6) is 2.56. The largest absolute Gasteiger partial charge is 0.373 e. The van der Waals surface area contributed by atoms with Crippen molar-refractivity contribution in [2.24, 2.45) is 5.92 Å². The molecule has 0 atom stereocenters. The molecule has 1 heterocycles.